The Morgan fingerprint density at radius 2 is 1.92 bits per heavy atom. The lowest BCUT2D eigenvalue weighted by atomic mass is 9.91. The molecule has 2 aliphatic rings. The van der Waals surface area contributed by atoms with E-state index in [1.807, 2.05) is 18.2 Å². The molecule has 1 saturated carbocycles. The second-order valence-corrected chi connectivity index (χ2v) is 7.73. The summed E-state index contributed by atoms with van der Waals surface area (Å²) in [5.41, 5.74) is 1.46. The van der Waals surface area contributed by atoms with Gasteiger partial charge in [0.15, 0.2) is 0 Å². The number of aliphatic hydroxyl groups is 1. The van der Waals surface area contributed by atoms with Gasteiger partial charge in [0.2, 0.25) is 0 Å². The second kappa shape index (κ2) is 6.73. The predicted octanol–water partition coefficient (Wildman–Crippen LogP) is 1.63. The Labute approximate surface area is 147 Å². The van der Waals surface area contributed by atoms with Crippen LogP contribution in [0.15, 0.2) is 47.5 Å². The summed E-state index contributed by atoms with van der Waals surface area (Å²) in [6, 6.07) is 10.3. The molecule has 4 rings (SSSR count). The van der Waals surface area contributed by atoms with Crippen LogP contribution in [0.5, 0.6) is 0 Å². The number of rotatable bonds is 5. The zero-order chi connectivity index (χ0) is 17.3. The van der Waals surface area contributed by atoms with Crippen molar-refractivity contribution in [2.75, 3.05) is 19.6 Å². The van der Waals surface area contributed by atoms with Gasteiger partial charge in [-0.3, -0.25) is 9.78 Å². The van der Waals surface area contributed by atoms with Gasteiger partial charge in [-0.05, 0) is 30.2 Å². The number of aromatic amines is 1. The fourth-order valence-corrected chi connectivity index (χ4v) is 4.64. The van der Waals surface area contributed by atoms with Crippen LogP contribution in [0.2, 0.25) is 0 Å². The Hall–Kier alpha value is -1.98. The molecule has 2 heterocycles. The average Bonchev–Trinajstić information content (AvgIpc) is 3.09. The molecule has 5 nitrogen and oxygen atoms in total. The Balaban J connectivity index is 1.30. The third kappa shape index (κ3) is 3.83. The fourth-order valence-electron chi connectivity index (χ4n) is 4.64. The zero-order valence-electron chi connectivity index (χ0n) is 14.4. The summed E-state index contributed by atoms with van der Waals surface area (Å²) in [5.74, 6) is 1.19. The smallest absolute Gasteiger partial charge is 0.266 e. The standard InChI is InChI=1S/C20H25N3O2/c24-19-12-21-18(11-22-19)6-7-23-13-16-9-20(25,10-17(16)14-23)8-15-4-2-1-3-5-15/h1-5,11-12,16-17,25H,6-10,13-14H2,(H,22,24)/t16-,17+,20?. The minimum atomic E-state index is -0.538. The molecular formula is C20H25N3O2. The van der Waals surface area contributed by atoms with Crippen molar-refractivity contribution in [2.24, 2.45) is 11.8 Å². The van der Waals surface area contributed by atoms with Crippen LogP contribution in [-0.2, 0) is 12.8 Å². The average molecular weight is 339 g/mol. The molecule has 0 amide bonds. The van der Waals surface area contributed by atoms with Gasteiger partial charge in [0, 0.05) is 38.7 Å². The van der Waals surface area contributed by atoms with E-state index in [0.29, 0.717) is 11.8 Å². The molecule has 0 spiro atoms. The van der Waals surface area contributed by atoms with Crippen LogP contribution in [0.25, 0.3) is 0 Å². The van der Waals surface area contributed by atoms with E-state index in [4.69, 9.17) is 0 Å². The Morgan fingerprint density at radius 1 is 1.20 bits per heavy atom. The van der Waals surface area contributed by atoms with Gasteiger partial charge in [0.1, 0.15) is 0 Å². The quantitative estimate of drug-likeness (QED) is 0.869. The molecule has 1 unspecified atom stereocenters. The molecule has 2 fully saturated rings. The molecule has 1 aliphatic heterocycles. The van der Waals surface area contributed by atoms with Crippen molar-refractivity contribution in [2.45, 2.75) is 31.3 Å². The van der Waals surface area contributed by atoms with Crippen LogP contribution in [-0.4, -0.2) is 45.2 Å². The maximum absolute atomic E-state index is 11.1. The molecule has 1 aromatic heterocycles. The molecular weight excluding hydrogens is 314 g/mol. The predicted molar refractivity (Wildman–Crippen MR) is 96.3 cm³/mol. The van der Waals surface area contributed by atoms with E-state index in [0.717, 1.165) is 51.0 Å². The van der Waals surface area contributed by atoms with Gasteiger partial charge in [-0.25, -0.2) is 0 Å². The van der Waals surface area contributed by atoms with Gasteiger partial charge in [0.25, 0.3) is 5.56 Å². The minimum absolute atomic E-state index is 0.155. The number of H-pyrrole nitrogens is 1. The van der Waals surface area contributed by atoms with Crippen molar-refractivity contribution < 1.29 is 5.11 Å². The molecule has 0 bridgehead atoms. The number of hydrogen-bond donors (Lipinski definition) is 2. The van der Waals surface area contributed by atoms with Crippen LogP contribution in [0.4, 0.5) is 0 Å². The maximum atomic E-state index is 11.1. The molecule has 1 aliphatic carbocycles. The maximum Gasteiger partial charge on any atom is 0.266 e. The molecule has 2 N–H and O–H groups in total. The van der Waals surface area contributed by atoms with Gasteiger partial charge in [-0.1, -0.05) is 30.3 Å². The Morgan fingerprint density at radius 3 is 2.56 bits per heavy atom. The molecule has 1 saturated heterocycles. The highest BCUT2D eigenvalue weighted by molar-refractivity contribution is 5.18. The van der Waals surface area contributed by atoms with Crippen LogP contribution < -0.4 is 5.56 Å². The second-order valence-electron chi connectivity index (χ2n) is 7.73. The highest BCUT2D eigenvalue weighted by atomic mass is 16.3. The SMILES string of the molecule is O=c1cnc(CCN2C[C@@H]3CC(O)(Cc4ccccc4)C[C@@H]3C2)c[nH]1. The van der Waals surface area contributed by atoms with Crippen LogP contribution in [0.3, 0.4) is 0 Å². The lowest BCUT2D eigenvalue weighted by molar-refractivity contribution is 0.0355. The fraction of sp³-hybridized carbons (Fsp3) is 0.500. The number of nitrogens with one attached hydrogen (secondary N) is 1. The molecule has 2 aromatic rings. The van der Waals surface area contributed by atoms with E-state index in [2.05, 4.69) is 27.0 Å². The first-order valence-corrected chi connectivity index (χ1v) is 9.12. The van der Waals surface area contributed by atoms with Crippen LogP contribution >= 0.6 is 0 Å². The number of likely N-dealkylation sites (tertiary alicyclic amines) is 1. The normalized spacial score (nSPS) is 29.0. The third-order valence-electron chi connectivity index (χ3n) is 5.73. The summed E-state index contributed by atoms with van der Waals surface area (Å²) in [5, 5.41) is 11.0. The highest BCUT2D eigenvalue weighted by Crippen LogP contribution is 2.45. The number of nitrogens with zero attached hydrogens (tertiary/aromatic N) is 2. The molecule has 25 heavy (non-hydrogen) atoms. The monoisotopic (exact) mass is 339 g/mol. The first-order chi connectivity index (χ1) is 12.1. The van der Waals surface area contributed by atoms with Crippen molar-refractivity contribution in [3.8, 4) is 0 Å². The van der Waals surface area contributed by atoms with Crippen molar-refractivity contribution in [3.05, 3.63) is 64.3 Å². The minimum Gasteiger partial charge on any atom is -0.390 e. The summed E-state index contributed by atoms with van der Waals surface area (Å²) in [4.78, 5) is 20.4. The zero-order valence-corrected chi connectivity index (χ0v) is 14.4. The number of aromatic nitrogens is 2. The molecule has 0 radical (unpaired) electrons. The Kier molecular flexibility index (Phi) is 4.44. The number of benzene rings is 1. The molecule has 132 valence electrons. The van der Waals surface area contributed by atoms with Crippen molar-refractivity contribution >= 4 is 0 Å². The van der Waals surface area contributed by atoms with Gasteiger partial charge in [0.05, 0.1) is 17.5 Å². The van der Waals surface area contributed by atoms with E-state index >= 15 is 0 Å². The summed E-state index contributed by atoms with van der Waals surface area (Å²) < 4.78 is 0. The van der Waals surface area contributed by atoms with E-state index in [9.17, 15) is 9.90 Å². The third-order valence-corrected chi connectivity index (χ3v) is 5.73. The summed E-state index contributed by atoms with van der Waals surface area (Å²) in [6.45, 7) is 3.08. The van der Waals surface area contributed by atoms with Crippen molar-refractivity contribution in [3.63, 3.8) is 0 Å². The van der Waals surface area contributed by atoms with Crippen molar-refractivity contribution in [1.29, 1.82) is 0 Å². The topological polar surface area (TPSA) is 69.2 Å². The molecule has 3 atom stereocenters. The summed E-state index contributed by atoms with van der Waals surface area (Å²) >= 11 is 0. The van der Waals surface area contributed by atoms with Crippen LogP contribution in [0, 0.1) is 11.8 Å². The van der Waals surface area contributed by atoms with Gasteiger partial charge >= 0.3 is 0 Å². The van der Waals surface area contributed by atoms with Crippen molar-refractivity contribution in [1.82, 2.24) is 14.9 Å². The van der Waals surface area contributed by atoms with E-state index in [1.165, 1.54) is 11.8 Å². The summed E-state index contributed by atoms with van der Waals surface area (Å²) in [6.07, 6.45) is 6.47. The molecule has 1 aromatic carbocycles. The highest BCUT2D eigenvalue weighted by Gasteiger charge is 2.47. The van der Waals surface area contributed by atoms with Gasteiger partial charge in [-0.15, -0.1) is 0 Å². The van der Waals surface area contributed by atoms with E-state index < -0.39 is 5.60 Å². The largest absolute Gasteiger partial charge is 0.390 e. The molecule has 5 heteroatoms. The lowest BCUT2D eigenvalue weighted by Gasteiger charge is -2.26. The van der Waals surface area contributed by atoms with E-state index in [-0.39, 0.29) is 5.56 Å². The van der Waals surface area contributed by atoms with Gasteiger partial charge in [-0.2, -0.15) is 0 Å². The lowest BCUT2D eigenvalue weighted by Crippen LogP contribution is -2.32. The first-order valence-electron chi connectivity index (χ1n) is 9.12. The number of hydrogen-bond acceptors (Lipinski definition) is 4. The first kappa shape index (κ1) is 16.5. The van der Waals surface area contributed by atoms with Gasteiger partial charge < -0.3 is 15.0 Å². The Bertz CT molecular complexity index is 740. The summed E-state index contributed by atoms with van der Waals surface area (Å²) in [7, 11) is 0. The van der Waals surface area contributed by atoms with Crippen LogP contribution in [0.1, 0.15) is 24.1 Å². The van der Waals surface area contributed by atoms with E-state index in [1.54, 1.807) is 6.20 Å². The number of fused-ring (bicyclic) bond motifs is 1.